The molecule has 1 unspecified atom stereocenters. The van der Waals surface area contributed by atoms with Crippen LogP contribution in [0.5, 0.6) is 0 Å². The number of aromatic nitrogens is 2. The van der Waals surface area contributed by atoms with Gasteiger partial charge in [0.05, 0.1) is 0 Å². The predicted octanol–water partition coefficient (Wildman–Crippen LogP) is 2.99. The second-order valence-electron chi connectivity index (χ2n) is 6.74. The number of aliphatic hydroxyl groups is 1. The summed E-state index contributed by atoms with van der Waals surface area (Å²) in [5.41, 5.74) is 7.73. The van der Waals surface area contributed by atoms with E-state index in [0.717, 1.165) is 44.9 Å². The molecule has 1 aromatic carbocycles. The molecule has 0 bridgehead atoms. The summed E-state index contributed by atoms with van der Waals surface area (Å²) in [5.74, 6) is 0. The Bertz CT molecular complexity index is 942. The number of aliphatic hydroxyl groups excluding tert-OH is 1. The third-order valence-electron chi connectivity index (χ3n) is 4.73. The van der Waals surface area contributed by atoms with Crippen molar-refractivity contribution in [2.45, 2.75) is 26.5 Å². The summed E-state index contributed by atoms with van der Waals surface area (Å²) < 4.78 is 2.19. The SMILES string of the molecule is Cc1cc(-n2c(C)cc3c(N(C)C)ccnc32)cc2c1NC(O)C2. The minimum Gasteiger partial charge on any atom is -0.377 e. The molecular formula is C19H22N4O. The Balaban J connectivity index is 1.95. The first kappa shape index (κ1) is 15.0. The van der Waals surface area contributed by atoms with Gasteiger partial charge in [0, 0.05) is 54.9 Å². The van der Waals surface area contributed by atoms with Crippen molar-refractivity contribution in [2.75, 3.05) is 24.3 Å². The number of nitrogens with one attached hydrogen (secondary N) is 1. The first-order valence-corrected chi connectivity index (χ1v) is 8.18. The second-order valence-corrected chi connectivity index (χ2v) is 6.74. The molecule has 1 atom stereocenters. The first-order valence-electron chi connectivity index (χ1n) is 8.18. The van der Waals surface area contributed by atoms with Gasteiger partial charge in [-0.3, -0.25) is 4.57 Å². The standard InChI is InChI=1S/C19H22N4O/c1-11-7-14(9-13-10-17(24)21-18(11)13)23-12(2)8-15-16(22(3)4)5-6-20-19(15)23/h5-9,17,21,24H,10H2,1-4H3. The number of rotatable bonds is 2. The highest BCUT2D eigenvalue weighted by Crippen LogP contribution is 2.34. The summed E-state index contributed by atoms with van der Waals surface area (Å²) in [5, 5.41) is 14.2. The van der Waals surface area contributed by atoms with Crippen molar-refractivity contribution < 1.29 is 5.11 Å². The number of pyridine rings is 1. The van der Waals surface area contributed by atoms with E-state index in [4.69, 9.17) is 0 Å². The maximum Gasteiger partial charge on any atom is 0.146 e. The lowest BCUT2D eigenvalue weighted by Gasteiger charge is -2.15. The van der Waals surface area contributed by atoms with Crippen LogP contribution < -0.4 is 10.2 Å². The van der Waals surface area contributed by atoms with Gasteiger partial charge in [0.1, 0.15) is 11.9 Å². The number of anilines is 2. The molecule has 1 aliphatic heterocycles. The maximum absolute atomic E-state index is 9.88. The molecule has 3 heterocycles. The average molecular weight is 322 g/mol. The Morgan fingerprint density at radius 2 is 2.04 bits per heavy atom. The van der Waals surface area contributed by atoms with Crippen LogP contribution in [0.15, 0.2) is 30.5 Å². The Kier molecular flexibility index (Phi) is 3.28. The van der Waals surface area contributed by atoms with Crippen LogP contribution in [0, 0.1) is 13.8 Å². The number of hydrogen-bond acceptors (Lipinski definition) is 4. The van der Waals surface area contributed by atoms with E-state index in [1.165, 1.54) is 0 Å². The molecule has 0 radical (unpaired) electrons. The highest BCUT2D eigenvalue weighted by atomic mass is 16.3. The number of fused-ring (bicyclic) bond motifs is 2. The second kappa shape index (κ2) is 5.24. The third-order valence-corrected chi connectivity index (χ3v) is 4.73. The average Bonchev–Trinajstić information content (AvgIpc) is 3.05. The zero-order chi connectivity index (χ0) is 17.0. The summed E-state index contributed by atoms with van der Waals surface area (Å²) in [6.07, 6.45) is 2.01. The van der Waals surface area contributed by atoms with Crippen LogP contribution in [0.25, 0.3) is 16.7 Å². The molecule has 2 N–H and O–H groups in total. The minimum atomic E-state index is -0.491. The Hall–Kier alpha value is -2.53. The van der Waals surface area contributed by atoms with Gasteiger partial charge in [0.25, 0.3) is 0 Å². The molecule has 0 aliphatic carbocycles. The van der Waals surface area contributed by atoms with Gasteiger partial charge >= 0.3 is 0 Å². The smallest absolute Gasteiger partial charge is 0.146 e. The zero-order valence-corrected chi connectivity index (χ0v) is 14.5. The van der Waals surface area contributed by atoms with Crippen LogP contribution in [0.4, 0.5) is 11.4 Å². The quantitative estimate of drug-likeness (QED) is 0.761. The molecule has 0 fully saturated rings. The van der Waals surface area contributed by atoms with E-state index in [9.17, 15) is 5.11 Å². The van der Waals surface area contributed by atoms with Crippen LogP contribution in [-0.4, -0.2) is 35.0 Å². The van der Waals surface area contributed by atoms with Crippen LogP contribution in [0.3, 0.4) is 0 Å². The highest BCUT2D eigenvalue weighted by molar-refractivity contribution is 5.92. The molecule has 24 heavy (non-hydrogen) atoms. The lowest BCUT2D eigenvalue weighted by Crippen LogP contribution is -2.13. The Labute approximate surface area is 141 Å². The highest BCUT2D eigenvalue weighted by Gasteiger charge is 2.22. The van der Waals surface area contributed by atoms with E-state index in [0.29, 0.717) is 6.42 Å². The van der Waals surface area contributed by atoms with E-state index in [1.54, 1.807) is 0 Å². The van der Waals surface area contributed by atoms with Gasteiger partial charge in [-0.05, 0) is 49.2 Å². The van der Waals surface area contributed by atoms with Gasteiger partial charge in [0.15, 0.2) is 0 Å². The van der Waals surface area contributed by atoms with E-state index >= 15 is 0 Å². The number of nitrogens with zero attached hydrogens (tertiary/aromatic N) is 3. The van der Waals surface area contributed by atoms with E-state index in [1.807, 2.05) is 26.4 Å². The fraction of sp³-hybridized carbons (Fsp3) is 0.316. The van der Waals surface area contributed by atoms with Crippen molar-refractivity contribution in [1.82, 2.24) is 9.55 Å². The first-order chi connectivity index (χ1) is 11.5. The van der Waals surface area contributed by atoms with Crippen molar-refractivity contribution >= 4 is 22.4 Å². The molecule has 4 rings (SSSR count). The molecule has 0 amide bonds. The molecule has 5 nitrogen and oxygen atoms in total. The van der Waals surface area contributed by atoms with Crippen molar-refractivity contribution in [3.63, 3.8) is 0 Å². The summed E-state index contributed by atoms with van der Waals surface area (Å²) in [7, 11) is 4.10. The molecular weight excluding hydrogens is 300 g/mol. The number of aryl methyl sites for hydroxylation is 2. The summed E-state index contributed by atoms with van der Waals surface area (Å²) >= 11 is 0. The van der Waals surface area contributed by atoms with Crippen LogP contribution in [0.2, 0.25) is 0 Å². The third kappa shape index (κ3) is 2.16. The molecule has 3 aromatic rings. The van der Waals surface area contributed by atoms with E-state index in [2.05, 4.69) is 51.8 Å². The molecule has 5 heteroatoms. The molecule has 0 saturated heterocycles. The molecule has 1 aliphatic rings. The van der Waals surface area contributed by atoms with Gasteiger partial charge in [-0.15, -0.1) is 0 Å². The minimum absolute atomic E-state index is 0.491. The fourth-order valence-electron chi connectivity index (χ4n) is 3.69. The van der Waals surface area contributed by atoms with Gasteiger partial charge < -0.3 is 15.3 Å². The van der Waals surface area contributed by atoms with E-state index < -0.39 is 6.23 Å². The Morgan fingerprint density at radius 3 is 2.79 bits per heavy atom. The van der Waals surface area contributed by atoms with Gasteiger partial charge in [-0.2, -0.15) is 0 Å². The lowest BCUT2D eigenvalue weighted by atomic mass is 10.1. The van der Waals surface area contributed by atoms with Crippen molar-refractivity contribution in [1.29, 1.82) is 0 Å². The number of hydrogen-bond donors (Lipinski definition) is 2. The van der Waals surface area contributed by atoms with Crippen molar-refractivity contribution in [3.8, 4) is 5.69 Å². The molecule has 0 saturated carbocycles. The summed E-state index contributed by atoms with van der Waals surface area (Å²) in [6, 6.07) is 8.54. The molecule has 124 valence electrons. The monoisotopic (exact) mass is 322 g/mol. The fourth-order valence-corrected chi connectivity index (χ4v) is 3.69. The topological polar surface area (TPSA) is 53.3 Å². The largest absolute Gasteiger partial charge is 0.377 e. The predicted molar refractivity (Wildman–Crippen MR) is 98.2 cm³/mol. The van der Waals surface area contributed by atoms with E-state index in [-0.39, 0.29) is 0 Å². The van der Waals surface area contributed by atoms with Gasteiger partial charge in [-0.25, -0.2) is 4.98 Å². The Morgan fingerprint density at radius 1 is 1.25 bits per heavy atom. The van der Waals surface area contributed by atoms with Gasteiger partial charge in [-0.1, -0.05) is 0 Å². The normalized spacial score (nSPS) is 16.3. The van der Waals surface area contributed by atoms with Crippen molar-refractivity contribution in [3.05, 3.63) is 47.3 Å². The maximum atomic E-state index is 9.88. The lowest BCUT2D eigenvalue weighted by molar-refractivity contribution is 0.212. The van der Waals surface area contributed by atoms with Crippen LogP contribution >= 0.6 is 0 Å². The van der Waals surface area contributed by atoms with Crippen LogP contribution in [0.1, 0.15) is 16.8 Å². The summed E-state index contributed by atoms with van der Waals surface area (Å²) in [4.78, 5) is 6.74. The zero-order valence-electron chi connectivity index (χ0n) is 14.5. The molecule has 0 spiro atoms. The summed E-state index contributed by atoms with van der Waals surface area (Å²) in [6.45, 7) is 4.18. The van der Waals surface area contributed by atoms with Crippen molar-refractivity contribution in [2.24, 2.45) is 0 Å². The van der Waals surface area contributed by atoms with Gasteiger partial charge in [0.2, 0.25) is 0 Å². The van der Waals surface area contributed by atoms with Crippen LogP contribution in [-0.2, 0) is 6.42 Å². The number of benzene rings is 1. The molecule has 2 aromatic heterocycles.